The lowest BCUT2D eigenvalue weighted by atomic mass is 9.91. The van der Waals surface area contributed by atoms with Crippen molar-refractivity contribution in [3.63, 3.8) is 0 Å². The van der Waals surface area contributed by atoms with Gasteiger partial charge >= 0.3 is 0 Å². The van der Waals surface area contributed by atoms with Crippen LogP contribution in [0.4, 0.5) is 5.69 Å². The maximum absolute atomic E-state index is 5.93. The van der Waals surface area contributed by atoms with Gasteiger partial charge < -0.3 is 11.1 Å². The van der Waals surface area contributed by atoms with E-state index >= 15 is 0 Å². The molecule has 0 aromatic heterocycles. The smallest absolute Gasteiger partial charge is 0.193 e. The standard InChI is InChI=1S/C16H25N3/c17-16(19-15-11-7-4-8-12-15)18-13-14-9-5-2-1-3-6-10-14/h4,7-8,11-12,14H,1-3,5-6,9-10,13H2,(H3,17,18,19). The Kier molecular flexibility index (Phi) is 5.73. The van der Waals surface area contributed by atoms with Gasteiger partial charge in [0, 0.05) is 12.2 Å². The number of rotatable bonds is 3. The minimum atomic E-state index is 0.535. The lowest BCUT2D eigenvalue weighted by Gasteiger charge is -2.17. The summed E-state index contributed by atoms with van der Waals surface area (Å²) >= 11 is 0. The molecule has 0 amide bonds. The summed E-state index contributed by atoms with van der Waals surface area (Å²) in [7, 11) is 0. The summed E-state index contributed by atoms with van der Waals surface area (Å²) in [5, 5.41) is 3.14. The number of hydrogen-bond donors (Lipinski definition) is 2. The van der Waals surface area contributed by atoms with Gasteiger partial charge in [0.1, 0.15) is 0 Å². The van der Waals surface area contributed by atoms with Crippen molar-refractivity contribution < 1.29 is 0 Å². The monoisotopic (exact) mass is 259 g/mol. The minimum absolute atomic E-state index is 0.535. The Morgan fingerprint density at radius 3 is 2.37 bits per heavy atom. The molecule has 104 valence electrons. The summed E-state index contributed by atoms with van der Waals surface area (Å²) in [4.78, 5) is 4.50. The van der Waals surface area contributed by atoms with Crippen molar-refractivity contribution >= 4 is 11.6 Å². The molecule has 0 bridgehead atoms. The molecular weight excluding hydrogens is 234 g/mol. The van der Waals surface area contributed by atoms with Crippen LogP contribution >= 0.6 is 0 Å². The highest BCUT2D eigenvalue weighted by molar-refractivity contribution is 5.92. The van der Waals surface area contributed by atoms with Crippen LogP contribution in [0.2, 0.25) is 0 Å². The zero-order chi connectivity index (χ0) is 13.3. The molecule has 1 aliphatic rings. The molecule has 1 fully saturated rings. The van der Waals surface area contributed by atoms with Gasteiger partial charge in [0.15, 0.2) is 5.96 Å². The second-order valence-corrected chi connectivity index (χ2v) is 5.43. The molecule has 1 aliphatic carbocycles. The van der Waals surface area contributed by atoms with Crippen molar-refractivity contribution in [2.45, 2.75) is 44.9 Å². The summed E-state index contributed by atoms with van der Waals surface area (Å²) in [6.45, 7) is 0.867. The number of para-hydroxylation sites is 1. The normalized spacial score (nSPS) is 18.6. The predicted octanol–water partition coefficient (Wildman–Crippen LogP) is 3.77. The van der Waals surface area contributed by atoms with E-state index in [0.29, 0.717) is 5.96 Å². The van der Waals surface area contributed by atoms with Crippen molar-refractivity contribution in [3.8, 4) is 0 Å². The minimum Gasteiger partial charge on any atom is -0.370 e. The molecular formula is C16H25N3. The predicted molar refractivity (Wildman–Crippen MR) is 82.4 cm³/mol. The molecule has 0 unspecified atom stereocenters. The maximum atomic E-state index is 5.93. The Morgan fingerprint density at radius 2 is 1.68 bits per heavy atom. The summed E-state index contributed by atoms with van der Waals surface area (Å²) in [6.07, 6.45) is 9.51. The van der Waals surface area contributed by atoms with Gasteiger partial charge in [-0.25, -0.2) is 0 Å². The SMILES string of the molecule is NC(=NCC1CCCCCCC1)Nc1ccccc1. The fourth-order valence-electron chi connectivity index (χ4n) is 2.66. The number of guanidine groups is 1. The van der Waals surface area contributed by atoms with Crippen LogP contribution in [-0.4, -0.2) is 12.5 Å². The van der Waals surface area contributed by atoms with E-state index in [1.54, 1.807) is 0 Å². The van der Waals surface area contributed by atoms with Crippen molar-refractivity contribution in [2.24, 2.45) is 16.6 Å². The highest BCUT2D eigenvalue weighted by Gasteiger charge is 2.10. The summed E-state index contributed by atoms with van der Waals surface area (Å²) in [5.74, 6) is 1.25. The molecule has 19 heavy (non-hydrogen) atoms. The highest BCUT2D eigenvalue weighted by atomic mass is 15.1. The topological polar surface area (TPSA) is 50.4 Å². The van der Waals surface area contributed by atoms with E-state index in [1.807, 2.05) is 30.3 Å². The molecule has 1 aromatic rings. The van der Waals surface area contributed by atoms with E-state index in [1.165, 1.54) is 44.9 Å². The van der Waals surface area contributed by atoms with Crippen LogP contribution in [0.1, 0.15) is 44.9 Å². The van der Waals surface area contributed by atoms with Crippen LogP contribution in [0.15, 0.2) is 35.3 Å². The largest absolute Gasteiger partial charge is 0.370 e. The van der Waals surface area contributed by atoms with Crippen LogP contribution in [0.25, 0.3) is 0 Å². The lowest BCUT2D eigenvalue weighted by molar-refractivity contribution is 0.386. The first kappa shape index (κ1) is 13.9. The van der Waals surface area contributed by atoms with E-state index in [-0.39, 0.29) is 0 Å². The third-order valence-electron chi connectivity index (χ3n) is 3.79. The second-order valence-electron chi connectivity index (χ2n) is 5.43. The molecule has 0 saturated heterocycles. The van der Waals surface area contributed by atoms with Crippen LogP contribution in [0.5, 0.6) is 0 Å². The highest BCUT2D eigenvalue weighted by Crippen LogP contribution is 2.22. The van der Waals surface area contributed by atoms with Gasteiger partial charge in [0.05, 0.1) is 0 Å². The number of aliphatic imine (C=N–C) groups is 1. The molecule has 3 nitrogen and oxygen atoms in total. The Hall–Kier alpha value is -1.51. The fraction of sp³-hybridized carbons (Fsp3) is 0.562. The summed E-state index contributed by atoms with van der Waals surface area (Å²) in [6, 6.07) is 9.97. The van der Waals surface area contributed by atoms with Crippen LogP contribution in [0.3, 0.4) is 0 Å². The average Bonchev–Trinajstić information content (AvgIpc) is 2.38. The molecule has 0 heterocycles. The van der Waals surface area contributed by atoms with Gasteiger partial charge in [0.2, 0.25) is 0 Å². The van der Waals surface area contributed by atoms with Crippen molar-refractivity contribution in [3.05, 3.63) is 30.3 Å². The van der Waals surface area contributed by atoms with Gasteiger partial charge in [-0.1, -0.05) is 50.3 Å². The summed E-state index contributed by atoms with van der Waals surface area (Å²) < 4.78 is 0. The number of nitrogens with zero attached hydrogens (tertiary/aromatic N) is 1. The van der Waals surface area contributed by atoms with E-state index in [4.69, 9.17) is 5.73 Å². The van der Waals surface area contributed by atoms with Crippen LogP contribution in [0, 0.1) is 5.92 Å². The van der Waals surface area contributed by atoms with E-state index in [0.717, 1.165) is 18.2 Å². The number of nitrogens with two attached hydrogens (primary N) is 1. The molecule has 2 rings (SSSR count). The molecule has 0 radical (unpaired) electrons. The molecule has 3 N–H and O–H groups in total. The molecule has 1 aromatic carbocycles. The fourth-order valence-corrected chi connectivity index (χ4v) is 2.66. The van der Waals surface area contributed by atoms with Gasteiger partial charge in [0.25, 0.3) is 0 Å². The number of hydrogen-bond acceptors (Lipinski definition) is 1. The summed E-state index contributed by atoms with van der Waals surface area (Å²) in [5.41, 5.74) is 6.93. The van der Waals surface area contributed by atoms with Gasteiger partial charge in [-0.3, -0.25) is 4.99 Å². The molecule has 0 atom stereocenters. The first-order chi connectivity index (χ1) is 9.34. The Morgan fingerprint density at radius 1 is 1.05 bits per heavy atom. The second kappa shape index (κ2) is 7.82. The Bertz CT molecular complexity index is 378. The van der Waals surface area contributed by atoms with E-state index < -0.39 is 0 Å². The lowest BCUT2D eigenvalue weighted by Crippen LogP contribution is -2.24. The zero-order valence-corrected chi connectivity index (χ0v) is 11.6. The maximum Gasteiger partial charge on any atom is 0.193 e. The Labute approximate surface area is 116 Å². The first-order valence-electron chi connectivity index (χ1n) is 7.46. The molecule has 1 saturated carbocycles. The number of nitrogens with one attached hydrogen (secondary N) is 1. The van der Waals surface area contributed by atoms with Gasteiger partial charge in [-0.15, -0.1) is 0 Å². The van der Waals surface area contributed by atoms with Crippen LogP contribution in [-0.2, 0) is 0 Å². The van der Waals surface area contributed by atoms with Crippen molar-refractivity contribution in [1.82, 2.24) is 0 Å². The molecule has 3 heteroatoms. The van der Waals surface area contributed by atoms with Crippen molar-refractivity contribution in [2.75, 3.05) is 11.9 Å². The van der Waals surface area contributed by atoms with E-state index in [9.17, 15) is 0 Å². The quantitative estimate of drug-likeness (QED) is 0.641. The molecule has 0 spiro atoms. The van der Waals surface area contributed by atoms with E-state index in [2.05, 4.69) is 10.3 Å². The number of benzene rings is 1. The third kappa shape index (κ3) is 5.33. The van der Waals surface area contributed by atoms with Crippen molar-refractivity contribution in [1.29, 1.82) is 0 Å². The average molecular weight is 259 g/mol. The molecule has 0 aliphatic heterocycles. The van der Waals surface area contributed by atoms with Gasteiger partial charge in [-0.2, -0.15) is 0 Å². The number of anilines is 1. The first-order valence-corrected chi connectivity index (χ1v) is 7.46. The van der Waals surface area contributed by atoms with Crippen LogP contribution < -0.4 is 11.1 Å². The Balaban J connectivity index is 1.79. The zero-order valence-electron chi connectivity index (χ0n) is 11.6. The van der Waals surface area contributed by atoms with Gasteiger partial charge in [-0.05, 0) is 30.9 Å². The third-order valence-corrected chi connectivity index (χ3v) is 3.79.